The van der Waals surface area contributed by atoms with Gasteiger partial charge in [-0.15, -0.1) is 0 Å². The summed E-state index contributed by atoms with van der Waals surface area (Å²) in [5.74, 6) is -0.205. The van der Waals surface area contributed by atoms with E-state index < -0.39 is 0 Å². The molecule has 0 radical (unpaired) electrons. The Morgan fingerprint density at radius 1 is 1.41 bits per heavy atom. The molecule has 3 rings (SSSR count). The Morgan fingerprint density at radius 3 is 2.91 bits per heavy atom. The molecule has 1 aliphatic rings. The van der Waals surface area contributed by atoms with Gasteiger partial charge < -0.3 is 15.2 Å². The normalized spacial score (nSPS) is 15.7. The molecule has 1 aliphatic heterocycles. The van der Waals surface area contributed by atoms with Gasteiger partial charge in [-0.25, -0.2) is 9.37 Å². The van der Waals surface area contributed by atoms with Crippen LogP contribution < -0.4 is 10.6 Å². The summed E-state index contributed by atoms with van der Waals surface area (Å²) in [6.07, 6.45) is 6.57. The zero-order chi connectivity index (χ0) is 15.4. The van der Waals surface area contributed by atoms with E-state index in [0.29, 0.717) is 12.2 Å². The first kappa shape index (κ1) is 14.7. The number of benzene rings is 1. The van der Waals surface area contributed by atoms with Crippen LogP contribution in [0, 0.1) is 11.7 Å². The number of piperidine rings is 1. The SMILES string of the molecule is O=C(NCc1ccc(-n2ccnc2)c(F)c1)C1CCNCC1. The second-order valence-electron chi connectivity index (χ2n) is 5.50. The number of aromatic nitrogens is 2. The van der Waals surface area contributed by atoms with Crippen molar-refractivity contribution in [2.75, 3.05) is 13.1 Å². The number of nitrogens with one attached hydrogen (secondary N) is 2. The minimum absolute atomic E-state index is 0.0561. The lowest BCUT2D eigenvalue weighted by Gasteiger charge is -2.21. The van der Waals surface area contributed by atoms with Crippen molar-refractivity contribution in [1.29, 1.82) is 0 Å². The van der Waals surface area contributed by atoms with Crippen LogP contribution in [0.15, 0.2) is 36.9 Å². The smallest absolute Gasteiger partial charge is 0.223 e. The van der Waals surface area contributed by atoms with Crippen LogP contribution >= 0.6 is 0 Å². The minimum Gasteiger partial charge on any atom is -0.352 e. The summed E-state index contributed by atoms with van der Waals surface area (Å²) in [4.78, 5) is 16.0. The van der Waals surface area contributed by atoms with E-state index in [1.807, 2.05) is 6.07 Å². The monoisotopic (exact) mass is 302 g/mol. The van der Waals surface area contributed by atoms with Gasteiger partial charge in [-0.05, 0) is 43.6 Å². The Labute approximate surface area is 128 Å². The van der Waals surface area contributed by atoms with Crippen LogP contribution in [0.3, 0.4) is 0 Å². The van der Waals surface area contributed by atoms with E-state index in [1.54, 1.807) is 29.4 Å². The number of imidazole rings is 1. The van der Waals surface area contributed by atoms with Crippen molar-refractivity contribution in [2.45, 2.75) is 19.4 Å². The second-order valence-corrected chi connectivity index (χ2v) is 5.50. The van der Waals surface area contributed by atoms with Crippen molar-refractivity contribution >= 4 is 5.91 Å². The highest BCUT2D eigenvalue weighted by Gasteiger charge is 2.20. The zero-order valence-corrected chi connectivity index (χ0v) is 12.3. The fourth-order valence-electron chi connectivity index (χ4n) is 2.69. The lowest BCUT2D eigenvalue weighted by atomic mass is 9.97. The van der Waals surface area contributed by atoms with E-state index in [9.17, 15) is 9.18 Å². The molecule has 1 amide bonds. The van der Waals surface area contributed by atoms with Crippen molar-refractivity contribution < 1.29 is 9.18 Å². The Balaban J connectivity index is 1.61. The lowest BCUT2D eigenvalue weighted by molar-refractivity contribution is -0.125. The quantitative estimate of drug-likeness (QED) is 0.902. The molecule has 0 spiro atoms. The van der Waals surface area contributed by atoms with Crippen molar-refractivity contribution in [3.05, 3.63) is 48.3 Å². The topological polar surface area (TPSA) is 59.0 Å². The maximum atomic E-state index is 14.1. The highest BCUT2D eigenvalue weighted by Crippen LogP contribution is 2.16. The zero-order valence-electron chi connectivity index (χ0n) is 12.3. The molecular formula is C16H19FN4O. The maximum absolute atomic E-state index is 14.1. The van der Waals surface area contributed by atoms with Gasteiger partial charge in [0.1, 0.15) is 5.82 Å². The van der Waals surface area contributed by atoms with Crippen LogP contribution in [0.2, 0.25) is 0 Å². The predicted molar refractivity (Wildman–Crippen MR) is 81.0 cm³/mol. The Kier molecular flexibility index (Phi) is 4.48. The molecule has 2 aromatic rings. The molecule has 0 aliphatic carbocycles. The van der Waals surface area contributed by atoms with Gasteiger partial charge in [0, 0.05) is 24.9 Å². The van der Waals surface area contributed by atoms with E-state index >= 15 is 0 Å². The molecule has 1 fully saturated rings. The summed E-state index contributed by atoms with van der Waals surface area (Å²) < 4.78 is 15.7. The van der Waals surface area contributed by atoms with Gasteiger partial charge in [-0.2, -0.15) is 0 Å². The average molecular weight is 302 g/mol. The number of hydrogen-bond donors (Lipinski definition) is 2. The number of rotatable bonds is 4. The fourth-order valence-corrected chi connectivity index (χ4v) is 2.69. The maximum Gasteiger partial charge on any atom is 0.223 e. The first-order valence-corrected chi connectivity index (χ1v) is 7.49. The number of nitrogens with zero attached hydrogens (tertiary/aromatic N) is 2. The average Bonchev–Trinajstić information content (AvgIpc) is 3.07. The van der Waals surface area contributed by atoms with E-state index in [4.69, 9.17) is 0 Å². The predicted octanol–water partition coefficient (Wildman–Crippen LogP) is 1.63. The molecular weight excluding hydrogens is 283 g/mol. The van der Waals surface area contributed by atoms with E-state index in [2.05, 4.69) is 15.6 Å². The van der Waals surface area contributed by atoms with Crippen molar-refractivity contribution in [3.63, 3.8) is 0 Å². The van der Waals surface area contributed by atoms with Gasteiger partial charge >= 0.3 is 0 Å². The van der Waals surface area contributed by atoms with Crippen LogP contribution in [-0.2, 0) is 11.3 Å². The molecule has 2 heterocycles. The fraction of sp³-hybridized carbons (Fsp3) is 0.375. The third-order valence-electron chi connectivity index (χ3n) is 3.97. The molecule has 0 unspecified atom stereocenters. The number of hydrogen-bond acceptors (Lipinski definition) is 3. The van der Waals surface area contributed by atoms with Crippen LogP contribution in [0.1, 0.15) is 18.4 Å². The summed E-state index contributed by atoms with van der Waals surface area (Å²) in [5.41, 5.74) is 1.20. The van der Waals surface area contributed by atoms with Crippen LogP contribution in [0.4, 0.5) is 4.39 Å². The minimum atomic E-state index is -0.327. The molecule has 1 aromatic carbocycles. The summed E-state index contributed by atoms with van der Waals surface area (Å²) in [7, 11) is 0. The van der Waals surface area contributed by atoms with Gasteiger partial charge in [0.2, 0.25) is 5.91 Å². The third-order valence-corrected chi connectivity index (χ3v) is 3.97. The van der Waals surface area contributed by atoms with E-state index in [1.165, 1.54) is 6.07 Å². The van der Waals surface area contributed by atoms with E-state index in [-0.39, 0.29) is 17.6 Å². The Hall–Kier alpha value is -2.21. The number of carbonyl (C=O) groups excluding carboxylic acids is 1. The van der Waals surface area contributed by atoms with Crippen molar-refractivity contribution in [3.8, 4) is 5.69 Å². The molecule has 6 heteroatoms. The highest BCUT2D eigenvalue weighted by molar-refractivity contribution is 5.78. The van der Waals surface area contributed by atoms with Crippen LogP contribution in [0.5, 0.6) is 0 Å². The summed E-state index contributed by atoms with van der Waals surface area (Å²) in [6, 6.07) is 4.97. The van der Waals surface area contributed by atoms with Gasteiger partial charge in [0.15, 0.2) is 0 Å². The number of carbonyl (C=O) groups is 1. The Bertz CT molecular complexity index is 636. The number of amides is 1. The van der Waals surface area contributed by atoms with Gasteiger partial charge in [-0.3, -0.25) is 4.79 Å². The molecule has 116 valence electrons. The first-order valence-electron chi connectivity index (χ1n) is 7.49. The van der Waals surface area contributed by atoms with Crippen molar-refractivity contribution in [2.24, 2.45) is 5.92 Å². The summed E-state index contributed by atoms with van der Waals surface area (Å²) in [5, 5.41) is 6.13. The van der Waals surface area contributed by atoms with Gasteiger partial charge in [0.25, 0.3) is 0 Å². The van der Waals surface area contributed by atoms with E-state index in [0.717, 1.165) is 31.5 Å². The molecule has 1 aromatic heterocycles. The standard InChI is InChI=1S/C16H19FN4O/c17-14-9-12(1-2-15(14)21-8-7-19-11-21)10-20-16(22)13-3-5-18-6-4-13/h1-2,7-9,11,13,18H,3-6,10H2,(H,20,22). The molecule has 22 heavy (non-hydrogen) atoms. The molecule has 2 N–H and O–H groups in total. The third kappa shape index (κ3) is 3.33. The number of halogens is 1. The molecule has 1 saturated heterocycles. The Morgan fingerprint density at radius 2 is 2.23 bits per heavy atom. The second kappa shape index (κ2) is 6.70. The molecule has 0 saturated carbocycles. The van der Waals surface area contributed by atoms with Gasteiger partial charge in [-0.1, -0.05) is 6.07 Å². The molecule has 0 bridgehead atoms. The molecule has 5 nitrogen and oxygen atoms in total. The van der Waals surface area contributed by atoms with Gasteiger partial charge in [0.05, 0.1) is 12.0 Å². The summed E-state index contributed by atoms with van der Waals surface area (Å²) in [6.45, 7) is 2.11. The summed E-state index contributed by atoms with van der Waals surface area (Å²) >= 11 is 0. The van der Waals surface area contributed by atoms with Crippen LogP contribution in [0.25, 0.3) is 5.69 Å². The molecule has 0 atom stereocenters. The lowest BCUT2D eigenvalue weighted by Crippen LogP contribution is -2.37. The van der Waals surface area contributed by atoms with Crippen molar-refractivity contribution in [1.82, 2.24) is 20.2 Å². The highest BCUT2D eigenvalue weighted by atomic mass is 19.1. The largest absolute Gasteiger partial charge is 0.352 e. The first-order chi connectivity index (χ1) is 10.7. The van der Waals surface area contributed by atoms with Crippen LogP contribution in [-0.4, -0.2) is 28.5 Å².